The van der Waals surface area contributed by atoms with Crippen LogP contribution in [0.2, 0.25) is 5.02 Å². The molecule has 0 aromatic heterocycles. The Kier molecular flexibility index (Phi) is 5.45. The first-order valence-corrected chi connectivity index (χ1v) is 7.65. The number of anilines is 2. The molecular weight excluding hydrogens is 298 g/mol. The molecule has 0 atom stereocenters. The minimum atomic E-state index is -0.323. The summed E-state index contributed by atoms with van der Waals surface area (Å²) >= 11 is 6.14. The van der Waals surface area contributed by atoms with Crippen molar-refractivity contribution in [1.29, 1.82) is 0 Å². The molecule has 2 rings (SSSR count). The number of para-hydroxylation sites is 1. The van der Waals surface area contributed by atoms with Crippen LogP contribution in [0.3, 0.4) is 0 Å². The molecular formula is C18H20ClNO2. The Hall–Kier alpha value is -2.00. The summed E-state index contributed by atoms with van der Waals surface area (Å²) in [5.41, 5.74) is 3.04. The molecule has 3 nitrogen and oxygen atoms in total. The van der Waals surface area contributed by atoms with E-state index in [1.807, 2.05) is 57.2 Å². The highest BCUT2D eigenvalue weighted by Crippen LogP contribution is 2.28. The number of nitrogens with one attached hydrogen (secondary N) is 1. The molecule has 2 aromatic carbocycles. The maximum Gasteiger partial charge on any atom is 0.340 e. The highest BCUT2D eigenvalue weighted by atomic mass is 35.5. The van der Waals surface area contributed by atoms with Gasteiger partial charge in [0.2, 0.25) is 0 Å². The van der Waals surface area contributed by atoms with Gasteiger partial charge in [-0.3, -0.25) is 0 Å². The van der Waals surface area contributed by atoms with Gasteiger partial charge in [-0.25, -0.2) is 4.79 Å². The predicted octanol–water partition coefficient (Wildman–Crippen LogP) is 5.20. The second-order valence-corrected chi connectivity index (χ2v) is 5.98. The van der Waals surface area contributed by atoms with E-state index in [-0.39, 0.29) is 5.97 Å². The first kappa shape index (κ1) is 16.4. The minimum Gasteiger partial charge on any atom is -0.462 e. The van der Waals surface area contributed by atoms with Crippen LogP contribution in [0.1, 0.15) is 29.8 Å². The van der Waals surface area contributed by atoms with Crippen molar-refractivity contribution in [2.75, 3.05) is 11.9 Å². The van der Waals surface area contributed by atoms with Gasteiger partial charge in [0.25, 0.3) is 0 Å². The monoisotopic (exact) mass is 317 g/mol. The number of rotatable bonds is 5. The van der Waals surface area contributed by atoms with E-state index >= 15 is 0 Å². The Morgan fingerprint density at radius 2 is 1.82 bits per heavy atom. The van der Waals surface area contributed by atoms with E-state index < -0.39 is 0 Å². The lowest BCUT2D eigenvalue weighted by molar-refractivity contribution is 0.0460. The van der Waals surface area contributed by atoms with Gasteiger partial charge in [-0.05, 0) is 42.7 Å². The molecule has 0 spiro atoms. The molecule has 0 saturated carbocycles. The van der Waals surface area contributed by atoms with E-state index in [2.05, 4.69) is 5.32 Å². The lowest BCUT2D eigenvalue weighted by Crippen LogP contribution is -2.12. The minimum absolute atomic E-state index is 0.305. The first-order valence-electron chi connectivity index (χ1n) is 7.27. The van der Waals surface area contributed by atoms with E-state index in [0.717, 1.165) is 11.3 Å². The molecule has 1 N–H and O–H groups in total. The Bertz CT molecular complexity index is 668. The summed E-state index contributed by atoms with van der Waals surface area (Å²) in [5.74, 6) is -0.0178. The molecule has 116 valence electrons. The molecule has 0 aliphatic carbocycles. The van der Waals surface area contributed by atoms with Crippen LogP contribution in [-0.4, -0.2) is 12.6 Å². The molecule has 0 bridgehead atoms. The zero-order valence-corrected chi connectivity index (χ0v) is 13.8. The fourth-order valence-electron chi connectivity index (χ4n) is 1.98. The predicted molar refractivity (Wildman–Crippen MR) is 91.0 cm³/mol. The molecule has 0 heterocycles. The average molecular weight is 318 g/mol. The fourth-order valence-corrected chi connectivity index (χ4v) is 2.15. The summed E-state index contributed by atoms with van der Waals surface area (Å²) < 4.78 is 5.32. The summed E-state index contributed by atoms with van der Waals surface area (Å²) in [7, 11) is 0. The van der Waals surface area contributed by atoms with Crippen molar-refractivity contribution in [2.45, 2.75) is 20.8 Å². The van der Waals surface area contributed by atoms with Crippen molar-refractivity contribution in [3.05, 3.63) is 58.6 Å². The van der Waals surface area contributed by atoms with Gasteiger partial charge in [0.1, 0.15) is 0 Å². The number of halogens is 1. The van der Waals surface area contributed by atoms with Crippen LogP contribution in [0.15, 0.2) is 42.5 Å². The van der Waals surface area contributed by atoms with Crippen LogP contribution in [0.25, 0.3) is 0 Å². The maximum atomic E-state index is 12.2. The molecule has 2 aromatic rings. The standard InChI is InChI=1S/C18H20ClNO2/c1-12(2)11-22-18(21)14-7-4-5-9-17(14)20-16-10-6-8-15(19)13(16)3/h4-10,12,20H,11H2,1-3H3. The summed E-state index contributed by atoms with van der Waals surface area (Å²) in [6, 6.07) is 12.9. The summed E-state index contributed by atoms with van der Waals surface area (Å²) in [6.45, 7) is 6.35. The van der Waals surface area contributed by atoms with E-state index in [9.17, 15) is 4.79 Å². The van der Waals surface area contributed by atoms with Crippen LogP contribution >= 0.6 is 11.6 Å². The lowest BCUT2D eigenvalue weighted by atomic mass is 10.1. The SMILES string of the molecule is Cc1c(Cl)cccc1Nc1ccccc1C(=O)OCC(C)C. The zero-order valence-electron chi connectivity index (χ0n) is 13.0. The Balaban J connectivity index is 2.25. The van der Waals surface area contributed by atoms with Crippen molar-refractivity contribution in [3.8, 4) is 0 Å². The molecule has 0 radical (unpaired) electrons. The number of carbonyl (C=O) groups is 1. The van der Waals surface area contributed by atoms with Gasteiger partial charge >= 0.3 is 5.97 Å². The van der Waals surface area contributed by atoms with Crippen molar-refractivity contribution >= 4 is 28.9 Å². The van der Waals surface area contributed by atoms with E-state index in [1.54, 1.807) is 6.07 Å². The zero-order chi connectivity index (χ0) is 16.1. The fraction of sp³-hybridized carbons (Fsp3) is 0.278. The lowest BCUT2D eigenvalue weighted by Gasteiger charge is -2.14. The third kappa shape index (κ3) is 4.01. The molecule has 0 aliphatic rings. The van der Waals surface area contributed by atoms with Gasteiger partial charge in [0, 0.05) is 10.7 Å². The van der Waals surface area contributed by atoms with Crippen LogP contribution in [0.4, 0.5) is 11.4 Å². The van der Waals surface area contributed by atoms with Gasteiger partial charge < -0.3 is 10.1 Å². The van der Waals surface area contributed by atoms with E-state index in [1.165, 1.54) is 0 Å². The molecule has 0 fully saturated rings. The van der Waals surface area contributed by atoms with Gasteiger partial charge in [-0.15, -0.1) is 0 Å². The van der Waals surface area contributed by atoms with Crippen molar-refractivity contribution in [2.24, 2.45) is 5.92 Å². The molecule has 22 heavy (non-hydrogen) atoms. The second kappa shape index (κ2) is 7.32. The van der Waals surface area contributed by atoms with E-state index in [4.69, 9.17) is 16.3 Å². The van der Waals surface area contributed by atoms with Crippen molar-refractivity contribution in [1.82, 2.24) is 0 Å². The Morgan fingerprint density at radius 1 is 1.14 bits per heavy atom. The summed E-state index contributed by atoms with van der Waals surface area (Å²) in [6.07, 6.45) is 0. The number of esters is 1. The van der Waals surface area contributed by atoms with E-state index in [0.29, 0.717) is 28.8 Å². The first-order chi connectivity index (χ1) is 10.5. The summed E-state index contributed by atoms with van der Waals surface area (Å²) in [5, 5.41) is 3.95. The van der Waals surface area contributed by atoms with Crippen LogP contribution < -0.4 is 5.32 Å². The summed E-state index contributed by atoms with van der Waals surface area (Å²) in [4.78, 5) is 12.2. The highest BCUT2D eigenvalue weighted by Gasteiger charge is 2.14. The normalized spacial score (nSPS) is 10.6. The third-order valence-electron chi connectivity index (χ3n) is 3.23. The third-order valence-corrected chi connectivity index (χ3v) is 3.64. The van der Waals surface area contributed by atoms with Gasteiger partial charge in [0.05, 0.1) is 17.9 Å². The number of carbonyl (C=O) groups excluding carboxylic acids is 1. The average Bonchev–Trinajstić information content (AvgIpc) is 2.50. The largest absolute Gasteiger partial charge is 0.462 e. The van der Waals surface area contributed by atoms with Crippen LogP contribution in [0, 0.1) is 12.8 Å². The maximum absolute atomic E-state index is 12.2. The number of benzene rings is 2. The molecule has 0 saturated heterocycles. The number of hydrogen-bond donors (Lipinski definition) is 1. The molecule has 0 amide bonds. The quantitative estimate of drug-likeness (QED) is 0.770. The van der Waals surface area contributed by atoms with Crippen molar-refractivity contribution < 1.29 is 9.53 Å². The Labute approximate surface area is 136 Å². The molecule has 0 aliphatic heterocycles. The Morgan fingerprint density at radius 3 is 2.55 bits per heavy atom. The number of ether oxygens (including phenoxy) is 1. The van der Waals surface area contributed by atoms with Crippen LogP contribution in [-0.2, 0) is 4.74 Å². The second-order valence-electron chi connectivity index (χ2n) is 5.58. The topological polar surface area (TPSA) is 38.3 Å². The molecule has 4 heteroatoms. The smallest absolute Gasteiger partial charge is 0.340 e. The van der Waals surface area contributed by atoms with Crippen molar-refractivity contribution in [3.63, 3.8) is 0 Å². The van der Waals surface area contributed by atoms with Gasteiger partial charge in [-0.1, -0.05) is 43.6 Å². The highest BCUT2D eigenvalue weighted by molar-refractivity contribution is 6.31. The number of hydrogen-bond acceptors (Lipinski definition) is 3. The van der Waals surface area contributed by atoms with Crippen LogP contribution in [0.5, 0.6) is 0 Å². The van der Waals surface area contributed by atoms with Gasteiger partial charge in [-0.2, -0.15) is 0 Å². The molecule has 0 unspecified atom stereocenters. The van der Waals surface area contributed by atoms with Gasteiger partial charge in [0.15, 0.2) is 0 Å².